The highest BCUT2D eigenvalue weighted by molar-refractivity contribution is 6.35. The van der Waals surface area contributed by atoms with Crippen LogP contribution in [-0.4, -0.2) is 10.9 Å². The van der Waals surface area contributed by atoms with Crippen molar-refractivity contribution in [2.75, 3.05) is 5.32 Å². The van der Waals surface area contributed by atoms with Crippen LogP contribution < -0.4 is 5.32 Å². The number of fused-ring (bicyclic) bond motifs is 1. The van der Waals surface area contributed by atoms with E-state index in [-0.39, 0.29) is 16.8 Å². The van der Waals surface area contributed by atoms with Gasteiger partial charge >= 0.3 is 0 Å². The number of carbonyl (C=O) groups is 1. The Labute approximate surface area is 192 Å². The average molecular weight is 499 g/mol. The second kappa shape index (κ2) is 8.84. The SMILES string of the molecule is O=C(/C=C/c1ccc(Cl)cc1Cl)Nc1ccc2oc(-c3c(F)c(F)c(F)c(F)c3F)nc2c1. The van der Waals surface area contributed by atoms with Crippen molar-refractivity contribution in [3.05, 3.63) is 87.2 Å². The minimum atomic E-state index is -2.29. The number of halogens is 7. The van der Waals surface area contributed by atoms with Gasteiger partial charge in [0.1, 0.15) is 11.1 Å². The molecule has 0 radical (unpaired) electrons. The third-order valence-corrected chi connectivity index (χ3v) is 5.02. The molecule has 1 N–H and O–H groups in total. The lowest BCUT2D eigenvalue weighted by atomic mass is 10.1. The van der Waals surface area contributed by atoms with E-state index in [0.717, 1.165) is 0 Å². The minimum Gasteiger partial charge on any atom is -0.436 e. The van der Waals surface area contributed by atoms with Crippen LogP contribution in [0.5, 0.6) is 0 Å². The van der Waals surface area contributed by atoms with Gasteiger partial charge < -0.3 is 9.73 Å². The Morgan fingerprint density at radius 2 is 1.58 bits per heavy atom. The van der Waals surface area contributed by atoms with Gasteiger partial charge in [0.05, 0.1) is 0 Å². The van der Waals surface area contributed by atoms with Crippen LogP contribution in [0.15, 0.2) is 46.9 Å². The zero-order valence-electron chi connectivity index (χ0n) is 16.0. The predicted octanol–water partition coefficient (Wildman–Crippen LogP) is 7.15. The van der Waals surface area contributed by atoms with Crippen LogP contribution >= 0.6 is 23.2 Å². The molecule has 0 saturated heterocycles. The van der Waals surface area contributed by atoms with Crippen molar-refractivity contribution < 1.29 is 31.2 Å². The van der Waals surface area contributed by atoms with Gasteiger partial charge in [-0.15, -0.1) is 0 Å². The van der Waals surface area contributed by atoms with E-state index in [4.69, 9.17) is 27.6 Å². The van der Waals surface area contributed by atoms with E-state index in [0.29, 0.717) is 15.6 Å². The van der Waals surface area contributed by atoms with Crippen LogP contribution in [0.4, 0.5) is 27.6 Å². The van der Waals surface area contributed by atoms with Gasteiger partial charge in [0.2, 0.25) is 17.6 Å². The number of nitrogens with one attached hydrogen (secondary N) is 1. The molecule has 33 heavy (non-hydrogen) atoms. The summed E-state index contributed by atoms with van der Waals surface area (Å²) >= 11 is 11.9. The Hall–Kier alpha value is -3.43. The van der Waals surface area contributed by atoms with Crippen molar-refractivity contribution in [3.8, 4) is 11.5 Å². The highest BCUT2D eigenvalue weighted by Crippen LogP contribution is 2.33. The molecule has 4 rings (SSSR count). The summed E-state index contributed by atoms with van der Waals surface area (Å²) in [7, 11) is 0. The first-order valence-corrected chi connectivity index (χ1v) is 9.78. The van der Waals surface area contributed by atoms with Gasteiger partial charge in [-0.2, -0.15) is 0 Å². The quantitative estimate of drug-likeness (QED) is 0.141. The predicted molar refractivity (Wildman–Crippen MR) is 113 cm³/mol. The first-order chi connectivity index (χ1) is 15.7. The first-order valence-electron chi connectivity index (χ1n) is 9.02. The van der Waals surface area contributed by atoms with Crippen LogP contribution in [0, 0.1) is 29.1 Å². The topological polar surface area (TPSA) is 55.1 Å². The molecule has 0 saturated carbocycles. The summed E-state index contributed by atoms with van der Waals surface area (Å²) in [4.78, 5) is 16.0. The Balaban J connectivity index is 1.60. The van der Waals surface area contributed by atoms with E-state index >= 15 is 0 Å². The zero-order valence-corrected chi connectivity index (χ0v) is 17.5. The van der Waals surface area contributed by atoms with Gasteiger partial charge in [-0.25, -0.2) is 26.9 Å². The molecular formula is C22H9Cl2F5N2O2. The van der Waals surface area contributed by atoms with Crippen molar-refractivity contribution in [3.63, 3.8) is 0 Å². The molecular weight excluding hydrogens is 490 g/mol. The highest BCUT2D eigenvalue weighted by atomic mass is 35.5. The van der Waals surface area contributed by atoms with E-state index in [1.165, 1.54) is 36.4 Å². The summed E-state index contributed by atoms with van der Waals surface area (Å²) in [5.74, 6) is -12.0. The molecule has 0 spiro atoms. The normalized spacial score (nSPS) is 11.5. The third-order valence-electron chi connectivity index (χ3n) is 4.46. The number of hydrogen-bond donors (Lipinski definition) is 1. The maximum atomic E-state index is 14.0. The lowest BCUT2D eigenvalue weighted by Crippen LogP contribution is -2.07. The van der Waals surface area contributed by atoms with Gasteiger partial charge in [-0.05, 0) is 42.0 Å². The molecule has 3 aromatic carbocycles. The molecule has 0 aliphatic carbocycles. The second-order valence-electron chi connectivity index (χ2n) is 6.63. The van der Waals surface area contributed by atoms with Crippen LogP contribution in [0.3, 0.4) is 0 Å². The largest absolute Gasteiger partial charge is 0.436 e. The molecule has 1 heterocycles. The average Bonchev–Trinajstić information content (AvgIpc) is 3.18. The van der Waals surface area contributed by atoms with Crippen molar-refractivity contribution in [1.29, 1.82) is 0 Å². The molecule has 0 fully saturated rings. The van der Waals surface area contributed by atoms with Crippen LogP contribution in [0.1, 0.15) is 5.56 Å². The number of amides is 1. The Kier molecular flexibility index (Phi) is 6.09. The lowest BCUT2D eigenvalue weighted by molar-refractivity contribution is -0.111. The van der Waals surface area contributed by atoms with E-state index < -0.39 is 46.4 Å². The number of carbonyl (C=O) groups excluding carboxylic acids is 1. The number of anilines is 1. The summed E-state index contributed by atoms with van der Waals surface area (Å²) < 4.78 is 73.5. The fourth-order valence-corrected chi connectivity index (χ4v) is 3.36. The van der Waals surface area contributed by atoms with Gasteiger partial charge in [0.15, 0.2) is 28.9 Å². The molecule has 4 nitrogen and oxygen atoms in total. The van der Waals surface area contributed by atoms with Crippen molar-refractivity contribution in [2.45, 2.75) is 0 Å². The summed E-state index contributed by atoms with van der Waals surface area (Å²) in [6.45, 7) is 0. The molecule has 0 aliphatic heterocycles. The summed E-state index contributed by atoms with van der Waals surface area (Å²) in [5.41, 5.74) is -0.505. The van der Waals surface area contributed by atoms with E-state index in [1.807, 2.05) is 0 Å². The molecule has 0 unspecified atom stereocenters. The van der Waals surface area contributed by atoms with Crippen LogP contribution in [0.25, 0.3) is 28.6 Å². The van der Waals surface area contributed by atoms with Gasteiger partial charge in [0, 0.05) is 21.8 Å². The molecule has 0 bridgehead atoms. The maximum Gasteiger partial charge on any atom is 0.248 e. The smallest absolute Gasteiger partial charge is 0.248 e. The molecule has 1 amide bonds. The number of oxazole rings is 1. The van der Waals surface area contributed by atoms with E-state index in [9.17, 15) is 26.7 Å². The number of aromatic nitrogens is 1. The molecule has 11 heteroatoms. The van der Waals surface area contributed by atoms with Gasteiger partial charge in [-0.1, -0.05) is 29.3 Å². The fourth-order valence-electron chi connectivity index (χ4n) is 2.89. The third kappa shape index (κ3) is 4.42. The molecule has 0 aliphatic rings. The summed E-state index contributed by atoms with van der Waals surface area (Å²) in [6.07, 6.45) is 2.67. The zero-order chi connectivity index (χ0) is 23.9. The number of benzene rings is 3. The number of hydrogen-bond acceptors (Lipinski definition) is 3. The fraction of sp³-hybridized carbons (Fsp3) is 0. The summed E-state index contributed by atoms with van der Waals surface area (Å²) in [5, 5.41) is 3.32. The molecule has 1 aromatic heterocycles. The molecule has 4 aromatic rings. The maximum absolute atomic E-state index is 14.0. The first kappa shape index (κ1) is 22.8. The van der Waals surface area contributed by atoms with Gasteiger partial charge in [-0.3, -0.25) is 4.79 Å². The number of nitrogens with zero attached hydrogens (tertiary/aromatic N) is 1. The van der Waals surface area contributed by atoms with Crippen molar-refractivity contribution in [2.24, 2.45) is 0 Å². The minimum absolute atomic E-state index is 0.00423. The van der Waals surface area contributed by atoms with Gasteiger partial charge in [0.25, 0.3) is 0 Å². The van der Waals surface area contributed by atoms with Crippen LogP contribution in [-0.2, 0) is 4.79 Å². The summed E-state index contributed by atoms with van der Waals surface area (Å²) in [6, 6.07) is 8.75. The number of rotatable bonds is 4. The standard InChI is InChI=1S/C22H9Cl2F5N2O2/c23-10-3-1-9(12(24)7-10)2-6-15(32)30-11-4-5-14-13(8-11)31-22(33-14)16-17(25)19(27)21(29)20(28)18(16)26/h1-8H,(H,30,32)/b6-2+. The molecule has 168 valence electrons. The Bertz CT molecular complexity index is 1420. The van der Waals surface area contributed by atoms with Crippen molar-refractivity contribution >= 4 is 52.0 Å². The Morgan fingerprint density at radius 3 is 2.24 bits per heavy atom. The molecule has 0 atom stereocenters. The Morgan fingerprint density at radius 1 is 0.909 bits per heavy atom. The van der Waals surface area contributed by atoms with Crippen molar-refractivity contribution in [1.82, 2.24) is 4.98 Å². The van der Waals surface area contributed by atoms with E-state index in [2.05, 4.69) is 10.3 Å². The second-order valence-corrected chi connectivity index (χ2v) is 7.48. The highest BCUT2D eigenvalue weighted by Gasteiger charge is 2.29. The lowest BCUT2D eigenvalue weighted by Gasteiger charge is -2.04. The van der Waals surface area contributed by atoms with E-state index in [1.54, 1.807) is 12.1 Å². The monoisotopic (exact) mass is 498 g/mol. The van der Waals surface area contributed by atoms with Crippen LogP contribution in [0.2, 0.25) is 10.0 Å².